The molecular weight excluding hydrogens is 422 g/mol. The van der Waals surface area contributed by atoms with E-state index in [1.165, 1.54) is 0 Å². The Labute approximate surface area is 177 Å². The molecule has 2 aromatic rings. The monoisotopic (exact) mass is 439 g/mol. The van der Waals surface area contributed by atoms with Crippen LogP contribution >= 0.6 is 23.2 Å². The van der Waals surface area contributed by atoms with E-state index in [9.17, 15) is 18.4 Å². The summed E-state index contributed by atoms with van der Waals surface area (Å²) in [5.74, 6) is -0.192. The molecule has 1 aliphatic carbocycles. The molecule has 0 heterocycles. The third-order valence-corrected chi connectivity index (χ3v) is 5.95. The molecule has 7 heteroatoms. The van der Waals surface area contributed by atoms with Crippen molar-refractivity contribution >= 4 is 23.2 Å². The summed E-state index contributed by atoms with van der Waals surface area (Å²) < 4.78 is 44.3. The maximum Gasteiger partial charge on any atom is 0.426 e. The summed E-state index contributed by atoms with van der Waals surface area (Å²) in [6.45, 7) is 3.69. The third-order valence-electron chi connectivity index (χ3n) is 5.36. The standard InChI is InChI=1S/C22H18Cl2F3NO/c1-21(2)18(11-19(24)22(25,26)27)20(21)17(12-28)13-4-3-5-16(10-13)29-15-8-6-14(23)7-9-15/h3-11,17-18,20H,1-2H3/b19-11-. The topological polar surface area (TPSA) is 33.0 Å². The summed E-state index contributed by atoms with van der Waals surface area (Å²) >= 11 is 11.3. The molecule has 1 aliphatic rings. The van der Waals surface area contributed by atoms with Crippen LogP contribution in [-0.4, -0.2) is 6.18 Å². The van der Waals surface area contributed by atoms with E-state index < -0.39 is 28.5 Å². The molecule has 0 radical (unpaired) electrons. The second-order valence-corrected chi connectivity index (χ2v) is 8.46. The summed E-state index contributed by atoms with van der Waals surface area (Å²) in [5.41, 5.74) is 0.217. The molecular formula is C22H18Cl2F3NO. The first-order valence-electron chi connectivity index (χ1n) is 8.91. The number of ether oxygens (including phenoxy) is 1. The maximum atomic E-state index is 12.8. The molecule has 29 heavy (non-hydrogen) atoms. The summed E-state index contributed by atoms with van der Waals surface area (Å²) in [4.78, 5) is 0. The lowest BCUT2D eigenvalue weighted by atomic mass is 9.91. The van der Waals surface area contributed by atoms with Gasteiger partial charge in [0.2, 0.25) is 0 Å². The smallest absolute Gasteiger partial charge is 0.426 e. The van der Waals surface area contributed by atoms with Crippen LogP contribution in [0.25, 0.3) is 0 Å². The second-order valence-electron chi connectivity index (χ2n) is 7.62. The zero-order chi connectivity index (χ0) is 21.4. The Hall–Kier alpha value is -2.16. The number of nitriles is 1. The Morgan fingerprint density at radius 2 is 1.83 bits per heavy atom. The van der Waals surface area contributed by atoms with E-state index in [0.717, 1.165) is 6.08 Å². The second kappa shape index (κ2) is 7.93. The van der Waals surface area contributed by atoms with Crippen LogP contribution in [0.5, 0.6) is 11.5 Å². The van der Waals surface area contributed by atoms with Crippen LogP contribution in [-0.2, 0) is 0 Å². The largest absolute Gasteiger partial charge is 0.457 e. The summed E-state index contributed by atoms with van der Waals surface area (Å²) in [6, 6.07) is 16.1. The molecule has 1 fully saturated rings. The number of rotatable bonds is 5. The molecule has 1 saturated carbocycles. The molecule has 0 spiro atoms. The Kier molecular flexibility index (Phi) is 5.89. The van der Waals surface area contributed by atoms with Crippen molar-refractivity contribution in [2.45, 2.75) is 25.9 Å². The van der Waals surface area contributed by atoms with Gasteiger partial charge in [0.25, 0.3) is 0 Å². The van der Waals surface area contributed by atoms with Crippen LogP contribution in [0, 0.1) is 28.6 Å². The van der Waals surface area contributed by atoms with Crippen LogP contribution in [0.2, 0.25) is 5.02 Å². The van der Waals surface area contributed by atoms with Gasteiger partial charge >= 0.3 is 6.18 Å². The predicted octanol–water partition coefficient (Wildman–Crippen LogP) is 7.70. The molecule has 0 N–H and O–H groups in total. The number of allylic oxidation sites excluding steroid dienone is 2. The highest BCUT2D eigenvalue weighted by Crippen LogP contribution is 2.65. The molecule has 2 aromatic carbocycles. The molecule has 3 rings (SSSR count). The van der Waals surface area contributed by atoms with E-state index in [1.54, 1.807) is 48.5 Å². The third kappa shape index (κ3) is 4.71. The normalized spacial score (nSPS) is 21.9. The molecule has 2 nitrogen and oxygen atoms in total. The summed E-state index contributed by atoms with van der Waals surface area (Å²) in [7, 11) is 0. The van der Waals surface area contributed by atoms with E-state index in [1.807, 2.05) is 13.8 Å². The molecule has 0 amide bonds. The van der Waals surface area contributed by atoms with E-state index >= 15 is 0 Å². The van der Waals surface area contributed by atoms with Gasteiger partial charge in [0.05, 0.1) is 12.0 Å². The van der Waals surface area contributed by atoms with Gasteiger partial charge in [0, 0.05) is 5.02 Å². The molecule has 0 saturated heterocycles. The highest BCUT2D eigenvalue weighted by Gasteiger charge is 2.60. The highest BCUT2D eigenvalue weighted by atomic mass is 35.5. The summed E-state index contributed by atoms with van der Waals surface area (Å²) in [6.07, 6.45) is -3.55. The zero-order valence-electron chi connectivity index (χ0n) is 15.7. The lowest BCUT2D eigenvalue weighted by Gasteiger charge is -2.13. The predicted molar refractivity (Wildman–Crippen MR) is 107 cm³/mol. The lowest BCUT2D eigenvalue weighted by molar-refractivity contribution is -0.0848. The van der Waals surface area contributed by atoms with Crippen molar-refractivity contribution in [2.75, 3.05) is 0 Å². The van der Waals surface area contributed by atoms with Crippen molar-refractivity contribution in [1.82, 2.24) is 0 Å². The quantitative estimate of drug-likeness (QED) is 0.477. The van der Waals surface area contributed by atoms with Gasteiger partial charge in [-0.25, -0.2) is 0 Å². The summed E-state index contributed by atoms with van der Waals surface area (Å²) in [5, 5.41) is 9.21. The first-order chi connectivity index (χ1) is 13.5. The maximum absolute atomic E-state index is 12.8. The van der Waals surface area contributed by atoms with Crippen molar-refractivity contribution in [3.05, 3.63) is 70.2 Å². The minimum atomic E-state index is -4.58. The van der Waals surface area contributed by atoms with Gasteiger partial charge in [-0.2, -0.15) is 18.4 Å². The number of nitrogens with zero attached hydrogens (tertiary/aromatic N) is 1. The van der Waals surface area contributed by atoms with Gasteiger partial charge in [-0.3, -0.25) is 0 Å². The Bertz CT molecular complexity index is 961. The number of halogens is 5. The number of benzene rings is 2. The van der Waals surface area contributed by atoms with E-state index in [4.69, 9.17) is 27.9 Å². The number of alkyl halides is 3. The molecule has 3 atom stereocenters. The highest BCUT2D eigenvalue weighted by molar-refractivity contribution is 6.30. The van der Waals surface area contributed by atoms with Crippen LogP contribution in [0.4, 0.5) is 13.2 Å². The van der Waals surface area contributed by atoms with Gasteiger partial charge < -0.3 is 4.74 Å². The minimum absolute atomic E-state index is 0.283. The molecule has 0 bridgehead atoms. The molecule has 3 unspecified atom stereocenters. The lowest BCUT2D eigenvalue weighted by Crippen LogP contribution is -2.07. The van der Waals surface area contributed by atoms with Gasteiger partial charge in [-0.05, 0) is 59.2 Å². The average molecular weight is 440 g/mol. The van der Waals surface area contributed by atoms with Crippen LogP contribution in [0.3, 0.4) is 0 Å². The Morgan fingerprint density at radius 1 is 1.17 bits per heavy atom. The van der Waals surface area contributed by atoms with Crippen molar-refractivity contribution in [1.29, 1.82) is 5.26 Å². The zero-order valence-corrected chi connectivity index (χ0v) is 17.2. The fourth-order valence-corrected chi connectivity index (χ4v) is 3.96. The Balaban J connectivity index is 1.84. The van der Waals surface area contributed by atoms with Gasteiger partial charge in [0.15, 0.2) is 0 Å². The van der Waals surface area contributed by atoms with Crippen molar-refractivity contribution < 1.29 is 17.9 Å². The van der Waals surface area contributed by atoms with Crippen LogP contribution in [0.15, 0.2) is 59.6 Å². The van der Waals surface area contributed by atoms with E-state index in [2.05, 4.69) is 6.07 Å². The van der Waals surface area contributed by atoms with Crippen molar-refractivity contribution in [3.8, 4) is 17.6 Å². The van der Waals surface area contributed by atoms with Crippen molar-refractivity contribution in [3.63, 3.8) is 0 Å². The van der Waals surface area contributed by atoms with Crippen molar-refractivity contribution in [2.24, 2.45) is 17.3 Å². The number of hydrogen-bond donors (Lipinski definition) is 0. The minimum Gasteiger partial charge on any atom is -0.457 e. The SMILES string of the molecule is CC1(C)C(/C=C(\Cl)C(F)(F)F)C1C(C#N)c1cccc(Oc2ccc(Cl)cc2)c1. The average Bonchev–Trinajstić information content (AvgIpc) is 3.17. The molecule has 0 aliphatic heterocycles. The van der Waals surface area contributed by atoms with Crippen LogP contribution in [0.1, 0.15) is 25.3 Å². The van der Waals surface area contributed by atoms with E-state index in [0.29, 0.717) is 22.1 Å². The number of hydrogen-bond acceptors (Lipinski definition) is 2. The van der Waals surface area contributed by atoms with E-state index in [-0.39, 0.29) is 5.92 Å². The Morgan fingerprint density at radius 3 is 2.41 bits per heavy atom. The fourth-order valence-electron chi connectivity index (χ4n) is 3.70. The fraction of sp³-hybridized carbons (Fsp3) is 0.318. The van der Waals surface area contributed by atoms with Gasteiger partial charge in [0.1, 0.15) is 16.5 Å². The first-order valence-corrected chi connectivity index (χ1v) is 9.67. The van der Waals surface area contributed by atoms with Gasteiger partial charge in [-0.1, -0.05) is 55.3 Å². The molecule has 0 aromatic heterocycles. The van der Waals surface area contributed by atoms with Gasteiger partial charge in [-0.15, -0.1) is 0 Å². The first kappa shape index (κ1) is 21.5. The molecule has 152 valence electrons. The van der Waals surface area contributed by atoms with Crippen LogP contribution < -0.4 is 4.74 Å².